The van der Waals surface area contributed by atoms with Crippen LogP contribution in [-0.2, 0) is 21.2 Å². The van der Waals surface area contributed by atoms with Gasteiger partial charge >= 0.3 is 5.97 Å². The van der Waals surface area contributed by atoms with Crippen LogP contribution in [0.1, 0.15) is 38.3 Å². The molecule has 2 aromatic carbocycles. The van der Waals surface area contributed by atoms with Crippen LogP contribution in [0.4, 0.5) is 5.69 Å². The topological polar surface area (TPSA) is 84.0 Å². The molecule has 1 aliphatic rings. The predicted octanol–water partition coefficient (Wildman–Crippen LogP) is 2.62. The van der Waals surface area contributed by atoms with E-state index in [1.54, 1.807) is 36.1 Å². The SMILES string of the molecule is COC(=O)c1cccc2c1CCCN2C(=O)c1cc(S(=O)(=O)N(C)C)ccc1C. The zero-order valence-electron chi connectivity index (χ0n) is 16.9. The Kier molecular flexibility index (Phi) is 5.77. The van der Waals surface area contributed by atoms with Crippen LogP contribution in [0.15, 0.2) is 41.3 Å². The van der Waals surface area contributed by atoms with Gasteiger partial charge in [-0.2, -0.15) is 0 Å². The molecule has 3 rings (SSSR count). The van der Waals surface area contributed by atoms with E-state index in [4.69, 9.17) is 4.74 Å². The number of aryl methyl sites for hydroxylation is 1. The van der Waals surface area contributed by atoms with Crippen molar-refractivity contribution in [1.29, 1.82) is 0 Å². The van der Waals surface area contributed by atoms with Gasteiger partial charge in [-0.1, -0.05) is 12.1 Å². The highest BCUT2D eigenvalue weighted by atomic mass is 32.2. The number of amides is 1. The molecule has 8 heteroatoms. The number of hydrogen-bond donors (Lipinski definition) is 0. The second-order valence-electron chi connectivity index (χ2n) is 7.12. The first kappa shape index (κ1) is 21.0. The first-order valence-electron chi connectivity index (χ1n) is 9.23. The smallest absolute Gasteiger partial charge is 0.338 e. The normalized spacial score (nSPS) is 13.9. The molecule has 0 fully saturated rings. The fraction of sp³-hybridized carbons (Fsp3) is 0.333. The van der Waals surface area contributed by atoms with Crippen molar-refractivity contribution in [2.24, 2.45) is 0 Å². The largest absolute Gasteiger partial charge is 0.465 e. The molecule has 154 valence electrons. The summed E-state index contributed by atoms with van der Waals surface area (Å²) in [6.45, 7) is 2.26. The zero-order chi connectivity index (χ0) is 21.3. The van der Waals surface area contributed by atoms with Gasteiger partial charge < -0.3 is 9.64 Å². The summed E-state index contributed by atoms with van der Waals surface area (Å²) in [4.78, 5) is 27.2. The Hall–Kier alpha value is -2.71. The summed E-state index contributed by atoms with van der Waals surface area (Å²) >= 11 is 0. The van der Waals surface area contributed by atoms with Crippen LogP contribution in [0.5, 0.6) is 0 Å². The summed E-state index contributed by atoms with van der Waals surface area (Å²) in [5.74, 6) is -0.729. The second kappa shape index (κ2) is 7.96. The lowest BCUT2D eigenvalue weighted by atomic mass is 9.95. The summed E-state index contributed by atoms with van der Waals surface area (Å²) in [5, 5.41) is 0. The van der Waals surface area contributed by atoms with Crippen molar-refractivity contribution in [3.63, 3.8) is 0 Å². The van der Waals surface area contributed by atoms with E-state index in [-0.39, 0.29) is 10.8 Å². The van der Waals surface area contributed by atoms with E-state index in [2.05, 4.69) is 0 Å². The van der Waals surface area contributed by atoms with Crippen molar-refractivity contribution in [1.82, 2.24) is 4.31 Å². The lowest BCUT2D eigenvalue weighted by Crippen LogP contribution is -2.36. The Labute approximate surface area is 170 Å². The molecular weight excluding hydrogens is 392 g/mol. The molecule has 0 unspecified atom stereocenters. The number of carbonyl (C=O) groups excluding carboxylic acids is 2. The molecule has 2 aromatic rings. The van der Waals surface area contributed by atoms with Gasteiger partial charge in [0.2, 0.25) is 10.0 Å². The standard InChI is InChI=1S/C21H24N2O5S/c1-14-10-11-15(29(26,27)22(2)3)13-18(14)20(24)23-12-6-8-16-17(21(25)28-4)7-5-9-19(16)23/h5,7,9-11,13H,6,8,12H2,1-4H3. The van der Waals surface area contributed by atoms with E-state index in [1.165, 1.54) is 33.3 Å². The third-order valence-corrected chi connectivity index (χ3v) is 6.93. The summed E-state index contributed by atoms with van der Waals surface area (Å²) < 4.78 is 31.0. The van der Waals surface area contributed by atoms with Crippen molar-refractivity contribution in [3.8, 4) is 0 Å². The number of benzene rings is 2. The minimum absolute atomic E-state index is 0.0667. The number of esters is 1. The molecule has 0 radical (unpaired) electrons. The van der Waals surface area contributed by atoms with Crippen molar-refractivity contribution >= 4 is 27.6 Å². The lowest BCUT2D eigenvalue weighted by Gasteiger charge is -2.31. The molecule has 1 aliphatic heterocycles. The highest BCUT2D eigenvalue weighted by molar-refractivity contribution is 7.89. The van der Waals surface area contributed by atoms with Crippen molar-refractivity contribution in [3.05, 3.63) is 58.7 Å². The number of sulfonamides is 1. The summed E-state index contributed by atoms with van der Waals surface area (Å²) in [5.41, 5.74) is 2.88. The van der Waals surface area contributed by atoms with E-state index < -0.39 is 16.0 Å². The number of ether oxygens (including phenoxy) is 1. The Morgan fingerprint density at radius 3 is 2.48 bits per heavy atom. The molecule has 0 spiro atoms. The number of methoxy groups -OCH3 is 1. The maximum Gasteiger partial charge on any atom is 0.338 e. The number of anilines is 1. The maximum atomic E-state index is 13.4. The quantitative estimate of drug-likeness (QED) is 0.716. The average molecular weight is 416 g/mol. The van der Waals surface area contributed by atoms with Gasteiger partial charge in [0.1, 0.15) is 0 Å². The third-order valence-electron chi connectivity index (χ3n) is 5.12. The minimum atomic E-state index is -3.66. The number of rotatable bonds is 4. The van der Waals surface area contributed by atoms with Gasteiger partial charge in [0.15, 0.2) is 0 Å². The first-order valence-corrected chi connectivity index (χ1v) is 10.7. The molecule has 0 N–H and O–H groups in total. The minimum Gasteiger partial charge on any atom is -0.465 e. The molecule has 1 heterocycles. The Morgan fingerprint density at radius 2 is 1.83 bits per heavy atom. The van der Waals surface area contributed by atoms with E-state index in [0.29, 0.717) is 41.8 Å². The fourth-order valence-corrected chi connectivity index (χ4v) is 4.41. The molecule has 7 nitrogen and oxygen atoms in total. The van der Waals surface area contributed by atoms with Gasteiger partial charge in [-0.15, -0.1) is 0 Å². The van der Waals surface area contributed by atoms with Crippen molar-refractivity contribution in [2.45, 2.75) is 24.7 Å². The molecule has 0 atom stereocenters. The monoisotopic (exact) mass is 416 g/mol. The van der Waals surface area contributed by atoms with Crippen LogP contribution in [0.3, 0.4) is 0 Å². The van der Waals surface area contributed by atoms with Crippen LogP contribution < -0.4 is 4.90 Å². The van der Waals surface area contributed by atoms with Crippen LogP contribution in [0.25, 0.3) is 0 Å². The van der Waals surface area contributed by atoms with Gasteiger partial charge in [0.05, 0.1) is 17.6 Å². The highest BCUT2D eigenvalue weighted by Crippen LogP contribution is 2.32. The molecule has 0 aliphatic carbocycles. The Morgan fingerprint density at radius 1 is 1.10 bits per heavy atom. The maximum absolute atomic E-state index is 13.4. The van der Waals surface area contributed by atoms with Crippen LogP contribution in [0, 0.1) is 6.92 Å². The van der Waals surface area contributed by atoms with Crippen molar-refractivity contribution < 1.29 is 22.7 Å². The Bertz CT molecular complexity index is 1080. The van der Waals surface area contributed by atoms with E-state index in [9.17, 15) is 18.0 Å². The molecule has 29 heavy (non-hydrogen) atoms. The van der Waals surface area contributed by atoms with Gasteiger partial charge in [0, 0.05) is 31.9 Å². The molecular formula is C21H24N2O5S. The van der Waals surface area contributed by atoms with Crippen LogP contribution in [-0.4, -0.2) is 52.3 Å². The molecule has 0 aromatic heterocycles. The van der Waals surface area contributed by atoms with Gasteiger partial charge in [-0.25, -0.2) is 17.5 Å². The first-order chi connectivity index (χ1) is 13.7. The van der Waals surface area contributed by atoms with Gasteiger partial charge in [0.25, 0.3) is 5.91 Å². The van der Waals surface area contributed by atoms with Gasteiger partial charge in [-0.3, -0.25) is 4.79 Å². The Balaban J connectivity index is 2.07. The highest BCUT2D eigenvalue weighted by Gasteiger charge is 2.29. The second-order valence-corrected chi connectivity index (χ2v) is 9.27. The lowest BCUT2D eigenvalue weighted by molar-refractivity contribution is 0.0599. The molecule has 0 saturated heterocycles. The van der Waals surface area contributed by atoms with Crippen molar-refractivity contribution in [2.75, 3.05) is 32.6 Å². The number of nitrogens with zero attached hydrogens (tertiary/aromatic N) is 2. The number of hydrogen-bond acceptors (Lipinski definition) is 5. The molecule has 0 bridgehead atoms. The van der Waals surface area contributed by atoms with Crippen LogP contribution in [0.2, 0.25) is 0 Å². The number of fused-ring (bicyclic) bond motifs is 1. The number of carbonyl (C=O) groups is 2. The average Bonchev–Trinajstić information content (AvgIpc) is 2.71. The molecule has 1 amide bonds. The van der Waals surface area contributed by atoms with Gasteiger partial charge in [-0.05, 0) is 55.2 Å². The van der Waals surface area contributed by atoms with E-state index >= 15 is 0 Å². The summed E-state index contributed by atoms with van der Waals surface area (Å²) in [6.07, 6.45) is 1.36. The fourth-order valence-electron chi connectivity index (χ4n) is 3.49. The predicted molar refractivity (Wildman–Crippen MR) is 110 cm³/mol. The summed E-state index contributed by atoms with van der Waals surface area (Å²) in [6, 6.07) is 9.77. The summed E-state index contributed by atoms with van der Waals surface area (Å²) in [7, 11) is 0.567. The van der Waals surface area contributed by atoms with E-state index in [0.717, 1.165) is 9.87 Å². The van der Waals surface area contributed by atoms with Crippen LogP contribution >= 0.6 is 0 Å². The van der Waals surface area contributed by atoms with E-state index in [1.807, 2.05) is 0 Å². The third kappa shape index (κ3) is 3.77. The molecule has 0 saturated carbocycles. The zero-order valence-corrected chi connectivity index (χ0v) is 17.7.